The first-order chi connectivity index (χ1) is 13.2. The Morgan fingerprint density at radius 2 is 1.82 bits per heavy atom. The minimum atomic E-state index is -4.63. The highest BCUT2D eigenvalue weighted by molar-refractivity contribution is 5.67. The lowest BCUT2D eigenvalue weighted by Gasteiger charge is -2.20. The second kappa shape index (κ2) is 9.43. The van der Waals surface area contributed by atoms with Crippen LogP contribution in [0.5, 0.6) is 0 Å². The Labute approximate surface area is 159 Å². The molecule has 0 fully saturated rings. The molecule has 0 aliphatic heterocycles. The third-order valence-electron chi connectivity index (χ3n) is 3.93. The quantitative estimate of drug-likeness (QED) is 0.537. The number of hydrogen-bond acceptors (Lipinski definition) is 5. The zero-order chi connectivity index (χ0) is 20.7. The van der Waals surface area contributed by atoms with Crippen LogP contribution in [-0.2, 0) is 17.5 Å². The predicted octanol–water partition coefficient (Wildman–Crippen LogP) is 3.00. The average molecular weight is 398 g/mol. The van der Waals surface area contributed by atoms with Gasteiger partial charge in [0.05, 0.1) is 11.7 Å². The highest BCUT2D eigenvalue weighted by Crippen LogP contribution is 2.33. The molecule has 0 heterocycles. The van der Waals surface area contributed by atoms with Crippen molar-refractivity contribution < 1.29 is 32.9 Å². The van der Waals surface area contributed by atoms with Gasteiger partial charge in [-0.15, -0.1) is 0 Å². The van der Waals surface area contributed by atoms with E-state index in [1.807, 2.05) is 6.07 Å². The van der Waals surface area contributed by atoms with Gasteiger partial charge in [0, 0.05) is 12.2 Å². The smallest absolute Gasteiger partial charge is 0.416 e. The summed E-state index contributed by atoms with van der Waals surface area (Å²) >= 11 is 0. The molecule has 152 valence electrons. The van der Waals surface area contributed by atoms with Crippen molar-refractivity contribution >= 4 is 11.8 Å². The van der Waals surface area contributed by atoms with E-state index in [9.17, 15) is 28.2 Å². The van der Waals surface area contributed by atoms with E-state index in [-0.39, 0.29) is 30.8 Å². The van der Waals surface area contributed by atoms with Crippen LogP contribution in [0, 0.1) is 0 Å². The summed E-state index contributed by atoms with van der Waals surface area (Å²) in [6.45, 7) is 0.0294. The SMILES string of the molecule is Nc1cc(C(O)C(O)CCNC(=O)OCc2ccccc2)cc(C(F)(F)F)c1. The number of carbonyl (C=O) groups excluding carboxylic acids is 1. The molecule has 0 saturated heterocycles. The van der Waals surface area contributed by atoms with Gasteiger partial charge in [0.2, 0.25) is 0 Å². The predicted molar refractivity (Wildman–Crippen MR) is 96.1 cm³/mol. The van der Waals surface area contributed by atoms with Gasteiger partial charge in [0.1, 0.15) is 12.7 Å². The highest BCUT2D eigenvalue weighted by Gasteiger charge is 2.32. The fourth-order valence-electron chi connectivity index (χ4n) is 2.49. The number of benzene rings is 2. The molecule has 0 aliphatic carbocycles. The van der Waals surface area contributed by atoms with E-state index in [4.69, 9.17) is 10.5 Å². The van der Waals surface area contributed by atoms with E-state index in [0.29, 0.717) is 0 Å². The Morgan fingerprint density at radius 3 is 2.46 bits per heavy atom. The molecule has 1 amide bonds. The van der Waals surface area contributed by atoms with Crippen LogP contribution in [-0.4, -0.2) is 29.0 Å². The lowest BCUT2D eigenvalue weighted by molar-refractivity contribution is -0.137. The number of amides is 1. The Kier molecular flexibility index (Phi) is 7.24. The summed E-state index contributed by atoms with van der Waals surface area (Å²) in [4.78, 5) is 11.6. The van der Waals surface area contributed by atoms with Crippen molar-refractivity contribution in [1.29, 1.82) is 0 Å². The van der Waals surface area contributed by atoms with Gasteiger partial charge in [-0.1, -0.05) is 30.3 Å². The Morgan fingerprint density at radius 1 is 1.14 bits per heavy atom. The fourth-order valence-corrected chi connectivity index (χ4v) is 2.49. The summed E-state index contributed by atoms with van der Waals surface area (Å²) in [6.07, 6.45) is -8.44. The first-order valence-electron chi connectivity index (χ1n) is 8.45. The number of alkyl carbamates (subject to hydrolysis) is 1. The number of carbonyl (C=O) groups is 1. The molecule has 0 saturated carbocycles. The molecule has 0 aliphatic rings. The van der Waals surface area contributed by atoms with Crippen molar-refractivity contribution in [1.82, 2.24) is 5.32 Å². The maximum Gasteiger partial charge on any atom is 0.416 e. The molecule has 2 atom stereocenters. The number of hydrogen-bond donors (Lipinski definition) is 4. The van der Waals surface area contributed by atoms with Crippen LogP contribution in [0.3, 0.4) is 0 Å². The molecule has 28 heavy (non-hydrogen) atoms. The van der Waals surface area contributed by atoms with E-state index in [0.717, 1.165) is 23.8 Å². The molecule has 5 N–H and O–H groups in total. The lowest BCUT2D eigenvalue weighted by atomic mass is 9.99. The number of rotatable bonds is 7. The van der Waals surface area contributed by atoms with Gasteiger partial charge in [-0.05, 0) is 35.7 Å². The minimum Gasteiger partial charge on any atom is -0.445 e. The molecule has 2 unspecified atom stereocenters. The standard InChI is InChI=1S/C19H21F3N2O4/c20-19(21,22)14-8-13(9-15(23)10-14)17(26)16(25)6-7-24-18(27)28-11-12-4-2-1-3-5-12/h1-5,8-10,16-17,25-26H,6-7,11,23H2,(H,24,27). The minimum absolute atomic E-state index is 0.0414. The normalized spacial score (nSPS) is 13.6. The first kappa shape index (κ1) is 21.5. The van der Waals surface area contributed by atoms with Gasteiger partial charge >= 0.3 is 12.3 Å². The number of anilines is 1. The summed E-state index contributed by atoms with van der Waals surface area (Å²) in [5.74, 6) is 0. The average Bonchev–Trinajstić information content (AvgIpc) is 2.65. The van der Waals surface area contributed by atoms with Crippen molar-refractivity contribution in [2.45, 2.75) is 31.4 Å². The second-order valence-electron chi connectivity index (χ2n) is 6.18. The molecule has 0 radical (unpaired) electrons. The Bertz CT molecular complexity index is 784. The van der Waals surface area contributed by atoms with Crippen LogP contribution in [0.2, 0.25) is 0 Å². The van der Waals surface area contributed by atoms with E-state index in [1.54, 1.807) is 24.3 Å². The molecule has 2 aromatic rings. The van der Waals surface area contributed by atoms with E-state index in [1.165, 1.54) is 0 Å². The number of aliphatic hydroxyl groups excluding tert-OH is 2. The van der Waals surface area contributed by atoms with Gasteiger partial charge in [-0.25, -0.2) is 4.79 Å². The highest BCUT2D eigenvalue weighted by atomic mass is 19.4. The third-order valence-corrected chi connectivity index (χ3v) is 3.93. The Balaban J connectivity index is 1.83. The number of nitrogens with one attached hydrogen (secondary N) is 1. The van der Waals surface area contributed by atoms with Gasteiger partial charge < -0.3 is 26.0 Å². The monoisotopic (exact) mass is 398 g/mol. The van der Waals surface area contributed by atoms with E-state index >= 15 is 0 Å². The van der Waals surface area contributed by atoms with Crippen LogP contribution in [0.15, 0.2) is 48.5 Å². The maximum atomic E-state index is 12.8. The number of nitrogens with two attached hydrogens (primary N) is 1. The van der Waals surface area contributed by atoms with E-state index in [2.05, 4.69) is 5.32 Å². The molecule has 2 aromatic carbocycles. The summed E-state index contributed by atoms with van der Waals surface area (Å²) < 4.78 is 43.5. The van der Waals surface area contributed by atoms with Crippen molar-refractivity contribution in [3.8, 4) is 0 Å². The topological polar surface area (TPSA) is 105 Å². The van der Waals surface area contributed by atoms with Crippen molar-refractivity contribution in [2.24, 2.45) is 0 Å². The first-order valence-corrected chi connectivity index (χ1v) is 8.45. The molecular formula is C19H21F3N2O4. The number of ether oxygens (including phenoxy) is 1. The molecule has 0 spiro atoms. The molecule has 9 heteroatoms. The van der Waals surface area contributed by atoms with Crippen molar-refractivity contribution in [2.75, 3.05) is 12.3 Å². The van der Waals surface area contributed by atoms with Gasteiger partial charge in [-0.3, -0.25) is 0 Å². The van der Waals surface area contributed by atoms with Crippen LogP contribution in [0.4, 0.5) is 23.7 Å². The van der Waals surface area contributed by atoms with Crippen LogP contribution < -0.4 is 11.1 Å². The maximum absolute atomic E-state index is 12.8. The fraction of sp³-hybridized carbons (Fsp3) is 0.316. The molecule has 0 aromatic heterocycles. The van der Waals surface area contributed by atoms with Crippen LogP contribution in [0.25, 0.3) is 0 Å². The van der Waals surface area contributed by atoms with Crippen LogP contribution in [0.1, 0.15) is 29.2 Å². The van der Waals surface area contributed by atoms with Crippen molar-refractivity contribution in [3.05, 3.63) is 65.2 Å². The van der Waals surface area contributed by atoms with Crippen molar-refractivity contribution in [3.63, 3.8) is 0 Å². The summed E-state index contributed by atoms with van der Waals surface area (Å²) in [6, 6.07) is 11.6. The van der Waals surface area contributed by atoms with Gasteiger partial charge in [0.25, 0.3) is 0 Å². The molecular weight excluding hydrogens is 377 g/mol. The zero-order valence-corrected chi connectivity index (χ0v) is 14.8. The summed E-state index contributed by atoms with van der Waals surface area (Å²) in [5.41, 5.74) is 4.89. The second-order valence-corrected chi connectivity index (χ2v) is 6.18. The molecule has 6 nitrogen and oxygen atoms in total. The summed E-state index contributed by atoms with van der Waals surface area (Å²) in [7, 11) is 0. The zero-order valence-electron chi connectivity index (χ0n) is 14.8. The van der Waals surface area contributed by atoms with Gasteiger partial charge in [-0.2, -0.15) is 13.2 Å². The largest absolute Gasteiger partial charge is 0.445 e. The molecule has 0 bridgehead atoms. The van der Waals surface area contributed by atoms with E-state index < -0.39 is 30.0 Å². The Hall–Kier alpha value is -2.78. The molecule has 2 rings (SSSR count). The number of halogens is 3. The lowest BCUT2D eigenvalue weighted by Crippen LogP contribution is -2.30. The number of alkyl halides is 3. The number of aliphatic hydroxyl groups is 2. The van der Waals surface area contributed by atoms with Gasteiger partial charge in [0.15, 0.2) is 0 Å². The van der Waals surface area contributed by atoms with Crippen LogP contribution >= 0.6 is 0 Å². The number of nitrogen functional groups attached to an aromatic ring is 1. The third kappa shape index (κ3) is 6.43. The summed E-state index contributed by atoms with van der Waals surface area (Å²) in [5, 5.41) is 22.5.